The zero-order valence-electron chi connectivity index (χ0n) is 8.62. The van der Waals surface area contributed by atoms with Crippen LogP contribution in [-0.2, 0) is 14.3 Å². The Hall–Kier alpha value is -1.36. The molecule has 0 aromatic carbocycles. The Labute approximate surface area is 88.9 Å². The van der Waals surface area contributed by atoms with Gasteiger partial charge in [0.25, 0.3) is 5.91 Å². The highest BCUT2D eigenvalue weighted by Gasteiger charge is 2.23. The van der Waals surface area contributed by atoms with Crippen LogP contribution in [0.2, 0.25) is 0 Å². The van der Waals surface area contributed by atoms with E-state index in [0.717, 1.165) is 19.4 Å². The third-order valence-corrected chi connectivity index (χ3v) is 2.13. The monoisotopic (exact) mass is 212 g/mol. The van der Waals surface area contributed by atoms with Gasteiger partial charge >= 0.3 is 5.97 Å². The van der Waals surface area contributed by atoms with Crippen molar-refractivity contribution in [3.63, 3.8) is 0 Å². The maximum absolute atomic E-state index is 11.3. The number of amides is 1. The van der Waals surface area contributed by atoms with E-state index >= 15 is 0 Å². The van der Waals surface area contributed by atoms with Crippen molar-refractivity contribution in [2.24, 2.45) is 0 Å². The Bertz CT molecular complexity index is 247. The Morgan fingerprint density at radius 2 is 2.40 bits per heavy atom. The Morgan fingerprint density at radius 3 is 3.00 bits per heavy atom. The van der Waals surface area contributed by atoms with E-state index in [1.165, 1.54) is 0 Å². The van der Waals surface area contributed by atoms with E-state index in [0.29, 0.717) is 6.54 Å². The molecule has 0 aromatic heterocycles. The van der Waals surface area contributed by atoms with Crippen molar-refractivity contribution >= 4 is 11.9 Å². The third kappa shape index (κ3) is 4.12. The van der Waals surface area contributed by atoms with Crippen LogP contribution in [0.15, 0.2) is 12.7 Å². The maximum atomic E-state index is 11.3. The van der Waals surface area contributed by atoms with Crippen molar-refractivity contribution in [3.05, 3.63) is 12.7 Å². The highest BCUT2D eigenvalue weighted by atomic mass is 16.5. The fourth-order valence-electron chi connectivity index (χ4n) is 1.36. The number of carbonyl (C=O) groups is 2. The lowest BCUT2D eigenvalue weighted by atomic mass is 10.2. The van der Waals surface area contributed by atoms with Crippen LogP contribution >= 0.6 is 0 Å². The van der Waals surface area contributed by atoms with Crippen LogP contribution in [0.25, 0.3) is 0 Å². The van der Waals surface area contributed by atoms with Crippen molar-refractivity contribution in [2.45, 2.75) is 18.9 Å². The number of hydrogen-bond acceptors (Lipinski definition) is 4. The Morgan fingerprint density at radius 1 is 1.60 bits per heavy atom. The summed E-state index contributed by atoms with van der Waals surface area (Å²) in [6, 6.07) is -0.239. The van der Waals surface area contributed by atoms with Gasteiger partial charge in [0, 0.05) is 6.54 Å². The topological polar surface area (TPSA) is 67.4 Å². The predicted molar refractivity (Wildman–Crippen MR) is 55.2 cm³/mol. The molecule has 1 atom stereocenters. The number of rotatable bonds is 5. The molecular weight excluding hydrogens is 196 g/mol. The largest absolute Gasteiger partial charge is 0.454 e. The number of esters is 1. The average Bonchev–Trinajstić information content (AvgIpc) is 2.76. The molecule has 1 amide bonds. The minimum Gasteiger partial charge on any atom is -0.454 e. The molecule has 1 saturated heterocycles. The van der Waals surface area contributed by atoms with Crippen LogP contribution in [0, 0.1) is 0 Å². The summed E-state index contributed by atoms with van der Waals surface area (Å²) in [7, 11) is 0. The molecule has 84 valence electrons. The first-order valence-corrected chi connectivity index (χ1v) is 5.01. The molecule has 1 unspecified atom stereocenters. The van der Waals surface area contributed by atoms with Crippen molar-refractivity contribution in [1.29, 1.82) is 0 Å². The number of ether oxygens (including phenoxy) is 1. The Kier molecular flexibility index (Phi) is 4.83. The number of hydrogen-bond donors (Lipinski definition) is 2. The van der Waals surface area contributed by atoms with Crippen LogP contribution in [0.3, 0.4) is 0 Å². The lowest BCUT2D eigenvalue weighted by Crippen LogP contribution is -2.35. The van der Waals surface area contributed by atoms with E-state index in [2.05, 4.69) is 17.2 Å². The van der Waals surface area contributed by atoms with Crippen molar-refractivity contribution in [2.75, 3.05) is 19.7 Å². The second kappa shape index (κ2) is 6.19. The van der Waals surface area contributed by atoms with E-state index < -0.39 is 0 Å². The quantitative estimate of drug-likeness (QED) is 0.480. The SMILES string of the molecule is C=CCNC(=O)COC(=O)C1CCCN1. The van der Waals surface area contributed by atoms with Gasteiger partial charge in [-0.15, -0.1) is 6.58 Å². The molecule has 1 heterocycles. The zero-order chi connectivity index (χ0) is 11.1. The van der Waals surface area contributed by atoms with Crippen molar-refractivity contribution in [1.82, 2.24) is 10.6 Å². The fourth-order valence-corrected chi connectivity index (χ4v) is 1.36. The molecule has 5 nitrogen and oxygen atoms in total. The molecule has 1 rings (SSSR count). The highest BCUT2D eigenvalue weighted by Crippen LogP contribution is 2.06. The first-order valence-electron chi connectivity index (χ1n) is 5.01. The zero-order valence-corrected chi connectivity index (χ0v) is 8.62. The molecule has 2 N–H and O–H groups in total. The van der Waals surface area contributed by atoms with Gasteiger partial charge in [-0.3, -0.25) is 9.59 Å². The first kappa shape index (κ1) is 11.7. The van der Waals surface area contributed by atoms with Gasteiger partial charge < -0.3 is 15.4 Å². The minimum atomic E-state index is -0.346. The van der Waals surface area contributed by atoms with Gasteiger partial charge in [-0.1, -0.05) is 6.08 Å². The summed E-state index contributed by atoms with van der Waals surface area (Å²) in [6.45, 7) is 4.46. The molecule has 0 spiro atoms. The van der Waals surface area contributed by atoms with Crippen LogP contribution in [0.5, 0.6) is 0 Å². The van der Waals surface area contributed by atoms with Gasteiger partial charge in [0.15, 0.2) is 6.61 Å². The minimum absolute atomic E-state index is 0.217. The normalized spacial score (nSPS) is 19.6. The highest BCUT2D eigenvalue weighted by molar-refractivity contribution is 5.82. The lowest BCUT2D eigenvalue weighted by Gasteiger charge is -2.09. The summed E-state index contributed by atoms with van der Waals surface area (Å²) in [4.78, 5) is 22.4. The molecule has 0 saturated carbocycles. The summed E-state index contributed by atoms with van der Waals surface area (Å²) in [6.07, 6.45) is 3.33. The van der Waals surface area contributed by atoms with Gasteiger partial charge in [-0.2, -0.15) is 0 Å². The standard InChI is InChI=1S/C10H16N2O3/c1-2-5-12-9(13)7-15-10(14)8-4-3-6-11-8/h2,8,11H,1,3-7H2,(H,12,13). The van der Waals surface area contributed by atoms with Crippen LogP contribution in [0.1, 0.15) is 12.8 Å². The lowest BCUT2D eigenvalue weighted by molar-refractivity contribution is -0.150. The van der Waals surface area contributed by atoms with Crippen molar-refractivity contribution in [3.8, 4) is 0 Å². The summed E-state index contributed by atoms with van der Waals surface area (Å²) < 4.78 is 4.84. The predicted octanol–water partition coefficient (Wildman–Crippen LogP) is -0.416. The molecule has 0 bridgehead atoms. The summed E-state index contributed by atoms with van der Waals surface area (Å²) in [5, 5.41) is 5.52. The second-order valence-electron chi connectivity index (χ2n) is 3.35. The smallest absolute Gasteiger partial charge is 0.323 e. The van der Waals surface area contributed by atoms with Crippen molar-refractivity contribution < 1.29 is 14.3 Å². The van der Waals surface area contributed by atoms with E-state index in [9.17, 15) is 9.59 Å². The number of nitrogens with one attached hydrogen (secondary N) is 2. The molecule has 1 aliphatic heterocycles. The van der Waals surface area contributed by atoms with E-state index in [1.807, 2.05) is 0 Å². The molecule has 1 aliphatic rings. The van der Waals surface area contributed by atoms with E-state index in [4.69, 9.17) is 4.74 Å². The third-order valence-electron chi connectivity index (χ3n) is 2.13. The molecule has 5 heteroatoms. The molecular formula is C10H16N2O3. The maximum Gasteiger partial charge on any atom is 0.323 e. The van der Waals surface area contributed by atoms with Gasteiger partial charge in [0.2, 0.25) is 0 Å². The number of carbonyl (C=O) groups excluding carboxylic acids is 2. The van der Waals surface area contributed by atoms with Gasteiger partial charge in [0.05, 0.1) is 0 Å². The van der Waals surface area contributed by atoms with Gasteiger partial charge in [-0.25, -0.2) is 0 Å². The van der Waals surface area contributed by atoms with Crippen LogP contribution in [-0.4, -0.2) is 37.6 Å². The second-order valence-corrected chi connectivity index (χ2v) is 3.35. The van der Waals surface area contributed by atoms with Gasteiger partial charge in [-0.05, 0) is 19.4 Å². The fraction of sp³-hybridized carbons (Fsp3) is 0.600. The summed E-state index contributed by atoms with van der Waals surface area (Å²) in [5.74, 6) is -0.650. The van der Waals surface area contributed by atoms with E-state index in [-0.39, 0.29) is 24.5 Å². The van der Waals surface area contributed by atoms with Crippen LogP contribution in [0.4, 0.5) is 0 Å². The summed E-state index contributed by atoms with van der Waals surface area (Å²) >= 11 is 0. The molecule has 0 radical (unpaired) electrons. The average molecular weight is 212 g/mol. The first-order chi connectivity index (χ1) is 7.24. The van der Waals surface area contributed by atoms with Crippen LogP contribution < -0.4 is 10.6 Å². The summed E-state index contributed by atoms with van der Waals surface area (Å²) in [5.41, 5.74) is 0. The Balaban J connectivity index is 2.15. The van der Waals surface area contributed by atoms with E-state index in [1.54, 1.807) is 6.08 Å². The molecule has 0 aromatic rings. The molecule has 1 fully saturated rings. The molecule has 15 heavy (non-hydrogen) atoms. The molecule has 0 aliphatic carbocycles. The van der Waals surface area contributed by atoms with Gasteiger partial charge in [0.1, 0.15) is 6.04 Å².